The van der Waals surface area contributed by atoms with Crippen LogP contribution in [0.25, 0.3) is 0 Å². The zero-order chi connectivity index (χ0) is 15.9. The van der Waals surface area contributed by atoms with Gasteiger partial charge in [0, 0.05) is 15.9 Å². The van der Waals surface area contributed by atoms with Gasteiger partial charge in [-0.25, -0.2) is 15.4 Å². The molecule has 22 heavy (non-hydrogen) atoms. The average Bonchev–Trinajstić information content (AvgIpc) is 2.46. The van der Waals surface area contributed by atoms with E-state index in [1.165, 1.54) is 11.8 Å². The minimum Gasteiger partial charge on any atom is -0.272 e. The molecule has 0 saturated heterocycles. The standard InChI is InChI=1S/C15H15BrN4OS/c1-10-7-11(2)19-15(18-10)22-9-14(21)20-17-8-12-3-5-13(16)6-4-12/h3-8H,9H2,1-2H3,(H,20,21)/b17-8+. The molecule has 2 aromatic rings. The zero-order valence-corrected chi connectivity index (χ0v) is 14.6. The molecule has 0 bridgehead atoms. The number of aryl methyl sites for hydroxylation is 2. The van der Waals surface area contributed by atoms with Crippen LogP contribution in [0.1, 0.15) is 17.0 Å². The first-order chi connectivity index (χ1) is 10.5. The van der Waals surface area contributed by atoms with Crippen LogP contribution in [0, 0.1) is 13.8 Å². The molecule has 0 aliphatic carbocycles. The summed E-state index contributed by atoms with van der Waals surface area (Å²) in [6.07, 6.45) is 1.60. The summed E-state index contributed by atoms with van der Waals surface area (Å²) in [7, 11) is 0. The van der Waals surface area contributed by atoms with Gasteiger partial charge in [0.05, 0.1) is 12.0 Å². The number of halogens is 1. The SMILES string of the molecule is Cc1cc(C)nc(SCC(=O)N/N=C/c2ccc(Br)cc2)n1. The van der Waals surface area contributed by atoms with Crippen molar-refractivity contribution in [2.24, 2.45) is 5.10 Å². The van der Waals surface area contributed by atoms with E-state index in [2.05, 4.69) is 36.4 Å². The van der Waals surface area contributed by atoms with Gasteiger partial charge in [-0.05, 0) is 37.6 Å². The summed E-state index contributed by atoms with van der Waals surface area (Å²) in [4.78, 5) is 20.3. The normalized spacial score (nSPS) is 10.9. The summed E-state index contributed by atoms with van der Waals surface area (Å²) in [6.45, 7) is 3.81. The third kappa shape index (κ3) is 5.57. The van der Waals surface area contributed by atoms with E-state index in [1.807, 2.05) is 44.2 Å². The van der Waals surface area contributed by atoms with Gasteiger partial charge in [0.15, 0.2) is 5.16 Å². The van der Waals surface area contributed by atoms with Crippen molar-refractivity contribution in [3.05, 3.63) is 51.8 Å². The van der Waals surface area contributed by atoms with Crippen LogP contribution in [0.4, 0.5) is 0 Å². The first kappa shape index (κ1) is 16.6. The molecule has 0 aliphatic heterocycles. The highest BCUT2D eigenvalue weighted by atomic mass is 79.9. The second-order valence-electron chi connectivity index (χ2n) is 4.57. The maximum absolute atomic E-state index is 11.7. The maximum Gasteiger partial charge on any atom is 0.250 e. The molecular weight excluding hydrogens is 364 g/mol. The number of aromatic nitrogens is 2. The van der Waals surface area contributed by atoms with E-state index in [4.69, 9.17) is 0 Å². The van der Waals surface area contributed by atoms with Crippen LogP contribution in [-0.2, 0) is 4.79 Å². The summed E-state index contributed by atoms with van der Waals surface area (Å²) in [5.41, 5.74) is 5.18. The molecular formula is C15H15BrN4OS. The van der Waals surface area contributed by atoms with Crippen molar-refractivity contribution in [1.29, 1.82) is 0 Å². The first-order valence-corrected chi connectivity index (χ1v) is 8.33. The predicted molar refractivity (Wildman–Crippen MR) is 92.1 cm³/mol. The highest BCUT2D eigenvalue weighted by Gasteiger charge is 2.05. The van der Waals surface area contributed by atoms with Crippen molar-refractivity contribution in [3.8, 4) is 0 Å². The Morgan fingerprint density at radius 1 is 1.27 bits per heavy atom. The Labute approximate surface area is 141 Å². The number of benzene rings is 1. The summed E-state index contributed by atoms with van der Waals surface area (Å²) in [5.74, 6) is 0.0294. The molecule has 0 fully saturated rings. The largest absolute Gasteiger partial charge is 0.272 e. The molecule has 1 heterocycles. The van der Waals surface area contributed by atoms with Crippen LogP contribution < -0.4 is 5.43 Å². The molecule has 1 aromatic heterocycles. The lowest BCUT2D eigenvalue weighted by Gasteiger charge is -2.02. The average molecular weight is 379 g/mol. The van der Waals surface area contributed by atoms with Gasteiger partial charge < -0.3 is 0 Å². The van der Waals surface area contributed by atoms with Crippen molar-refractivity contribution in [1.82, 2.24) is 15.4 Å². The Morgan fingerprint density at radius 2 is 1.91 bits per heavy atom. The number of carbonyl (C=O) groups is 1. The van der Waals surface area contributed by atoms with Gasteiger partial charge in [-0.15, -0.1) is 0 Å². The number of carbonyl (C=O) groups excluding carboxylic acids is 1. The highest BCUT2D eigenvalue weighted by molar-refractivity contribution is 9.10. The van der Waals surface area contributed by atoms with Crippen LogP contribution in [0.3, 0.4) is 0 Å². The number of hydrazone groups is 1. The predicted octanol–water partition coefficient (Wildman–Crippen LogP) is 3.10. The van der Waals surface area contributed by atoms with Crippen LogP contribution in [0.15, 0.2) is 45.1 Å². The van der Waals surface area contributed by atoms with Crippen molar-refractivity contribution in [2.45, 2.75) is 19.0 Å². The lowest BCUT2D eigenvalue weighted by molar-refractivity contribution is -0.118. The lowest BCUT2D eigenvalue weighted by atomic mass is 10.2. The van der Waals surface area contributed by atoms with E-state index in [-0.39, 0.29) is 11.7 Å². The molecule has 2 rings (SSSR count). The molecule has 1 amide bonds. The second kappa shape index (κ2) is 8.05. The van der Waals surface area contributed by atoms with Gasteiger partial charge in [-0.3, -0.25) is 4.79 Å². The number of hydrogen-bond acceptors (Lipinski definition) is 5. The first-order valence-electron chi connectivity index (χ1n) is 6.55. The van der Waals surface area contributed by atoms with Crippen LogP contribution in [-0.4, -0.2) is 27.8 Å². The number of nitrogens with zero attached hydrogens (tertiary/aromatic N) is 3. The van der Waals surface area contributed by atoms with Gasteiger partial charge in [-0.2, -0.15) is 5.10 Å². The van der Waals surface area contributed by atoms with Gasteiger partial charge in [0.25, 0.3) is 5.91 Å². The van der Waals surface area contributed by atoms with Crippen LogP contribution in [0.5, 0.6) is 0 Å². The summed E-state index contributed by atoms with van der Waals surface area (Å²) >= 11 is 4.65. The van der Waals surface area contributed by atoms with Crippen molar-refractivity contribution in [2.75, 3.05) is 5.75 Å². The minimum absolute atomic E-state index is 0.193. The molecule has 0 spiro atoms. The molecule has 5 nitrogen and oxygen atoms in total. The molecule has 114 valence electrons. The summed E-state index contributed by atoms with van der Waals surface area (Å²) in [6, 6.07) is 9.52. The molecule has 1 aromatic carbocycles. The van der Waals surface area contributed by atoms with Gasteiger partial charge in [0.2, 0.25) is 0 Å². The number of amides is 1. The zero-order valence-electron chi connectivity index (χ0n) is 12.2. The Balaban J connectivity index is 1.81. The molecule has 1 N–H and O–H groups in total. The van der Waals surface area contributed by atoms with E-state index in [0.717, 1.165) is 21.4 Å². The van der Waals surface area contributed by atoms with Crippen molar-refractivity contribution < 1.29 is 4.79 Å². The third-order valence-electron chi connectivity index (χ3n) is 2.57. The number of nitrogens with one attached hydrogen (secondary N) is 1. The summed E-state index contributed by atoms with van der Waals surface area (Å²) < 4.78 is 0.999. The van der Waals surface area contributed by atoms with Crippen LogP contribution >= 0.6 is 27.7 Å². The fourth-order valence-electron chi connectivity index (χ4n) is 1.65. The number of rotatable bonds is 5. The van der Waals surface area contributed by atoms with E-state index < -0.39 is 0 Å². The Kier molecular flexibility index (Phi) is 6.09. The van der Waals surface area contributed by atoms with Gasteiger partial charge >= 0.3 is 0 Å². The Hall–Kier alpha value is -1.73. The maximum atomic E-state index is 11.7. The fourth-order valence-corrected chi connectivity index (χ4v) is 2.65. The van der Waals surface area contributed by atoms with Crippen molar-refractivity contribution >= 4 is 39.8 Å². The lowest BCUT2D eigenvalue weighted by Crippen LogP contribution is -2.19. The van der Waals surface area contributed by atoms with E-state index in [1.54, 1.807) is 6.21 Å². The minimum atomic E-state index is -0.193. The quantitative estimate of drug-likeness (QED) is 0.375. The monoisotopic (exact) mass is 378 g/mol. The van der Waals surface area contributed by atoms with E-state index >= 15 is 0 Å². The molecule has 0 saturated carbocycles. The molecule has 0 atom stereocenters. The second-order valence-corrected chi connectivity index (χ2v) is 6.42. The topological polar surface area (TPSA) is 67.2 Å². The van der Waals surface area contributed by atoms with E-state index in [0.29, 0.717) is 5.16 Å². The van der Waals surface area contributed by atoms with Crippen molar-refractivity contribution in [3.63, 3.8) is 0 Å². The molecule has 0 aliphatic rings. The van der Waals surface area contributed by atoms with E-state index in [9.17, 15) is 4.79 Å². The molecule has 0 unspecified atom stereocenters. The number of hydrogen-bond donors (Lipinski definition) is 1. The van der Waals surface area contributed by atoms with Gasteiger partial charge in [0.1, 0.15) is 0 Å². The third-order valence-corrected chi connectivity index (χ3v) is 3.94. The number of thioether (sulfide) groups is 1. The smallest absolute Gasteiger partial charge is 0.250 e. The molecule has 7 heteroatoms. The summed E-state index contributed by atoms with van der Waals surface area (Å²) in [5, 5.41) is 4.53. The fraction of sp³-hybridized carbons (Fsp3) is 0.200. The highest BCUT2D eigenvalue weighted by Crippen LogP contribution is 2.13. The molecule has 0 radical (unpaired) electrons. The Bertz CT molecular complexity index is 668. The van der Waals surface area contributed by atoms with Crippen LogP contribution in [0.2, 0.25) is 0 Å². The Morgan fingerprint density at radius 3 is 2.55 bits per heavy atom. The van der Waals surface area contributed by atoms with Gasteiger partial charge in [-0.1, -0.05) is 39.8 Å².